The Labute approximate surface area is 148 Å². The van der Waals surface area contributed by atoms with Gasteiger partial charge in [-0.25, -0.2) is 0 Å². The van der Waals surface area contributed by atoms with Crippen molar-refractivity contribution in [2.45, 2.75) is 33.6 Å². The van der Waals surface area contributed by atoms with Crippen LogP contribution >= 0.6 is 0 Å². The summed E-state index contributed by atoms with van der Waals surface area (Å²) < 4.78 is 0. The van der Waals surface area contributed by atoms with Gasteiger partial charge in [-0.15, -0.1) is 0 Å². The molecule has 0 radical (unpaired) electrons. The Morgan fingerprint density at radius 1 is 1.00 bits per heavy atom. The molecule has 0 unspecified atom stereocenters. The number of aliphatic hydroxyl groups is 1. The van der Waals surface area contributed by atoms with E-state index in [1.165, 1.54) is 27.8 Å². The molecule has 0 saturated carbocycles. The summed E-state index contributed by atoms with van der Waals surface area (Å²) in [7, 11) is 0. The van der Waals surface area contributed by atoms with Crippen molar-refractivity contribution in [3.05, 3.63) is 81.2 Å². The van der Waals surface area contributed by atoms with Crippen LogP contribution in [0.1, 0.15) is 42.0 Å². The van der Waals surface area contributed by atoms with Gasteiger partial charge in [-0.1, -0.05) is 62.4 Å². The molecular weight excluding hydrogens is 308 g/mol. The van der Waals surface area contributed by atoms with Crippen molar-refractivity contribution in [3.63, 3.8) is 0 Å². The Morgan fingerprint density at radius 3 is 2.40 bits per heavy atom. The van der Waals surface area contributed by atoms with Gasteiger partial charge in [-0.3, -0.25) is 0 Å². The number of hydrogen-bond acceptors (Lipinski definition) is 2. The number of hydrogen-bond donors (Lipinski definition) is 1. The van der Waals surface area contributed by atoms with Crippen LogP contribution in [0.25, 0.3) is 23.1 Å². The lowest BCUT2D eigenvalue weighted by molar-refractivity contribution is -0.284. The van der Waals surface area contributed by atoms with Crippen molar-refractivity contribution < 1.29 is 10.2 Å². The summed E-state index contributed by atoms with van der Waals surface area (Å²) in [4.78, 5) is 0. The summed E-state index contributed by atoms with van der Waals surface area (Å²) in [5.41, 5.74) is 7.24. The van der Waals surface area contributed by atoms with E-state index in [4.69, 9.17) is 0 Å². The SMILES string of the molecule is Cc1cc(/C=c2\cccc\c2=C(/[O-])O)c2c(C)ccc(C(C)C)cc1-2. The molecule has 2 aliphatic rings. The minimum atomic E-state index is -0.899. The van der Waals surface area contributed by atoms with Gasteiger partial charge in [-0.2, -0.15) is 0 Å². The molecule has 0 spiro atoms. The summed E-state index contributed by atoms with van der Waals surface area (Å²) in [6, 6.07) is 15.9. The molecule has 0 heterocycles. The molecule has 1 N–H and O–H groups in total. The molecule has 0 aromatic heterocycles. The van der Waals surface area contributed by atoms with Crippen LogP contribution in [0.15, 0.2) is 48.5 Å². The highest BCUT2D eigenvalue weighted by Gasteiger charge is 2.15. The molecule has 0 aliphatic heterocycles. The lowest BCUT2D eigenvalue weighted by atomic mass is 10.00. The van der Waals surface area contributed by atoms with E-state index in [1.54, 1.807) is 12.1 Å². The molecule has 0 atom stereocenters. The molecule has 0 saturated heterocycles. The van der Waals surface area contributed by atoms with E-state index < -0.39 is 5.95 Å². The molecule has 25 heavy (non-hydrogen) atoms. The topological polar surface area (TPSA) is 43.3 Å². The molecule has 3 rings (SSSR count). The third kappa shape index (κ3) is 3.25. The molecule has 1 aromatic carbocycles. The Bertz CT molecular complexity index is 1010. The number of benzene rings is 1. The molecule has 2 aliphatic carbocycles. The van der Waals surface area contributed by atoms with Gasteiger partial charge in [0.15, 0.2) is 0 Å². The Kier molecular flexibility index (Phi) is 4.54. The summed E-state index contributed by atoms with van der Waals surface area (Å²) in [6.07, 6.45) is 1.99. The molecule has 0 amide bonds. The van der Waals surface area contributed by atoms with E-state index >= 15 is 0 Å². The van der Waals surface area contributed by atoms with Gasteiger partial charge in [0.1, 0.15) is 0 Å². The van der Waals surface area contributed by atoms with Crippen LogP contribution in [0.4, 0.5) is 0 Å². The fourth-order valence-corrected chi connectivity index (χ4v) is 3.34. The third-order valence-corrected chi connectivity index (χ3v) is 4.75. The highest BCUT2D eigenvalue weighted by molar-refractivity contribution is 5.84. The van der Waals surface area contributed by atoms with Crippen molar-refractivity contribution in [1.29, 1.82) is 0 Å². The Balaban J connectivity index is 2.33. The summed E-state index contributed by atoms with van der Waals surface area (Å²) >= 11 is 0. The van der Waals surface area contributed by atoms with Crippen LogP contribution < -0.4 is 15.5 Å². The normalized spacial score (nSPS) is 13.6. The summed E-state index contributed by atoms with van der Waals surface area (Å²) in [6.45, 7) is 8.63. The maximum absolute atomic E-state index is 11.5. The van der Waals surface area contributed by atoms with E-state index in [2.05, 4.69) is 52.0 Å². The van der Waals surface area contributed by atoms with E-state index in [0.717, 1.165) is 10.8 Å². The van der Waals surface area contributed by atoms with Crippen molar-refractivity contribution in [1.82, 2.24) is 0 Å². The van der Waals surface area contributed by atoms with E-state index in [9.17, 15) is 10.2 Å². The zero-order valence-electron chi connectivity index (χ0n) is 15.1. The minimum Gasteiger partial charge on any atom is -0.629 e. The first kappa shape index (κ1) is 17.1. The average Bonchev–Trinajstić information content (AvgIpc) is 2.74. The first-order chi connectivity index (χ1) is 11.9. The van der Waals surface area contributed by atoms with Gasteiger partial charge >= 0.3 is 0 Å². The van der Waals surface area contributed by atoms with Gasteiger partial charge in [0.25, 0.3) is 0 Å². The second kappa shape index (κ2) is 6.64. The lowest BCUT2D eigenvalue weighted by Gasteiger charge is -2.04. The number of rotatable bonds is 2. The van der Waals surface area contributed by atoms with Crippen molar-refractivity contribution in [3.8, 4) is 11.1 Å². The second-order valence-electron chi connectivity index (χ2n) is 6.92. The number of aliphatic hydroxyl groups excluding tert-OH is 1. The molecule has 128 valence electrons. The van der Waals surface area contributed by atoms with Gasteiger partial charge in [0.05, 0.1) is 5.95 Å². The van der Waals surface area contributed by atoms with E-state index in [-0.39, 0.29) is 0 Å². The van der Waals surface area contributed by atoms with Crippen LogP contribution in [-0.4, -0.2) is 5.11 Å². The van der Waals surface area contributed by atoms with Gasteiger partial charge in [0, 0.05) is 5.22 Å². The monoisotopic (exact) mass is 331 g/mol. The largest absolute Gasteiger partial charge is 0.629 e. The summed E-state index contributed by atoms with van der Waals surface area (Å²) in [5, 5.41) is 22.0. The van der Waals surface area contributed by atoms with Gasteiger partial charge < -0.3 is 10.2 Å². The van der Waals surface area contributed by atoms with Gasteiger partial charge in [0.2, 0.25) is 0 Å². The fraction of sp³-hybridized carbons (Fsp3) is 0.217. The van der Waals surface area contributed by atoms with Crippen LogP contribution in [-0.2, 0) is 0 Å². The smallest absolute Gasteiger partial charge is 0.0563 e. The highest BCUT2D eigenvalue weighted by Crippen LogP contribution is 2.36. The third-order valence-electron chi connectivity index (χ3n) is 4.75. The Morgan fingerprint density at radius 2 is 1.72 bits per heavy atom. The standard InChI is InChI=1S/C23H24O2/c1-14(2)17-10-9-15(3)22-19(11-16(4)21(22)13-17)12-18-7-5-6-8-20(18)23(24)25/h5-14,24-25H,1-4H3/p-1/b18-12+. The maximum atomic E-state index is 11.5. The first-order valence-electron chi connectivity index (χ1n) is 8.59. The Hall–Kier alpha value is -2.74. The first-order valence-corrected chi connectivity index (χ1v) is 8.59. The predicted octanol–water partition coefficient (Wildman–Crippen LogP) is 3.34. The van der Waals surface area contributed by atoms with Gasteiger partial charge in [-0.05, 0) is 64.4 Å². The molecule has 0 bridgehead atoms. The molecule has 1 aromatic rings. The van der Waals surface area contributed by atoms with Crippen molar-refractivity contribution in [2.75, 3.05) is 0 Å². The number of fused-ring (bicyclic) bond motifs is 1. The molecule has 2 nitrogen and oxygen atoms in total. The highest BCUT2D eigenvalue weighted by atomic mass is 16.5. The minimum absolute atomic E-state index is 0.329. The lowest BCUT2D eigenvalue weighted by Crippen LogP contribution is -2.30. The maximum Gasteiger partial charge on any atom is 0.0563 e. The molecule has 2 heteroatoms. The summed E-state index contributed by atoms with van der Waals surface area (Å²) in [5.74, 6) is -0.437. The quantitative estimate of drug-likeness (QED) is 0.782. The van der Waals surface area contributed by atoms with E-state index in [0.29, 0.717) is 11.1 Å². The van der Waals surface area contributed by atoms with Crippen LogP contribution in [0.5, 0.6) is 0 Å². The van der Waals surface area contributed by atoms with Crippen molar-refractivity contribution in [2.24, 2.45) is 0 Å². The molecule has 0 fully saturated rings. The zero-order chi connectivity index (χ0) is 18.1. The predicted molar refractivity (Wildman–Crippen MR) is 102 cm³/mol. The average molecular weight is 331 g/mol. The number of aryl methyl sites for hydroxylation is 2. The second-order valence-corrected chi connectivity index (χ2v) is 6.92. The zero-order valence-corrected chi connectivity index (χ0v) is 15.1. The van der Waals surface area contributed by atoms with Crippen LogP contribution in [0.3, 0.4) is 0 Å². The molecular formula is C23H23O2-. The van der Waals surface area contributed by atoms with Crippen LogP contribution in [0, 0.1) is 13.8 Å². The van der Waals surface area contributed by atoms with Crippen LogP contribution in [0.2, 0.25) is 0 Å². The fourth-order valence-electron chi connectivity index (χ4n) is 3.34. The van der Waals surface area contributed by atoms with Crippen molar-refractivity contribution >= 4 is 12.0 Å². The van der Waals surface area contributed by atoms with E-state index in [1.807, 2.05) is 18.2 Å².